The summed E-state index contributed by atoms with van der Waals surface area (Å²) in [7, 11) is 0. The number of carboxylic acid groups (broad SMARTS) is 1. The van der Waals surface area contributed by atoms with E-state index in [4.69, 9.17) is 4.74 Å². The number of hydrogen-bond acceptors (Lipinski definition) is 6. The minimum atomic E-state index is -1.05. The molecule has 2 heterocycles. The van der Waals surface area contributed by atoms with Crippen LogP contribution in [-0.4, -0.2) is 58.3 Å². The van der Waals surface area contributed by atoms with Gasteiger partial charge in [0.2, 0.25) is 0 Å². The molecule has 0 saturated carbocycles. The first-order valence-electron chi connectivity index (χ1n) is 8.38. The van der Waals surface area contributed by atoms with Crippen LogP contribution in [0.5, 0.6) is 0 Å². The van der Waals surface area contributed by atoms with E-state index in [0.717, 1.165) is 13.1 Å². The third-order valence-corrected chi connectivity index (χ3v) is 4.42. The number of anilines is 1. The lowest BCUT2D eigenvalue weighted by Gasteiger charge is -2.41. The molecule has 1 aliphatic heterocycles. The van der Waals surface area contributed by atoms with Crippen molar-refractivity contribution in [3.05, 3.63) is 54.0 Å². The molecule has 7 nitrogen and oxygen atoms in total. The molecule has 0 spiro atoms. The van der Waals surface area contributed by atoms with Crippen molar-refractivity contribution < 1.29 is 14.6 Å². The van der Waals surface area contributed by atoms with Crippen molar-refractivity contribution in [1.29, 1.82) is 0 Å². The lowest BCUT2D eigenvalue weighted by Crippen LogP contribution is -2.47. The second-order valence-corrected chi connectivity index (χ2v) is 5.86. The highest BCUT2D eigenvalue weighted by Gasteiger charge is 2.32. The molecule has 1 saturated heterocycles. The summed E-state index contributed by atoms with van der Waals surface area (Å²) in [5.41, 5.74) is 1.25. The van der Waals surface area contributed by atoms with Crippen LogP contribution in [0.4, 0.5) is 5.82 Å². The fourth-order valence-corrected chi connectivity index (χ4v) is 3.21. The maximum atomic E-state index is 11.3. The van der Waals surface area contributed by atoms with Gasteiger partial charge >= 0.3 is 5.97 Å². The molecule has 2 aromatic rings. The lowest BCUT2D eigenvalue weighted by molar-refractivity contribution is -0.0639. The van der Waals surface area contributed by atoms with E-state index in [1.165, 1.54) is 18.1 Å². The summed E-state index contributed by atoms with van der Waals surface area (Å²) >= 11 is 0. The molecule has 1 aromatic carbocycles. The van der Waals surface area contributed by atoms with Crippen LogP contribution in [0, 0.1) is 0 Å². The molecule has 2 N–H and O–H groups in total. The van der Waals surface area contributed by atoms with E-state index in [-0.39, 0.29) is 17.7 Å². The minimum absolute atomic E-state index is 0.0573. The van der Waals surface area contributed by atoms with Gasteiger partial charge in [0, 0.05) is 19.3 Å². The van der Waals surface area contributed by atoms with Crippen LogP contribution in [0.1, 0.15) is 28.9 Å². The zero-order chi connectivity index (χ0) is 17.6. The molecule has 0 unspecified atom stereocenters. The minimum Gasteiger partial charge on any atom is -0.477 e. The predicted molar refractivity (Wildman–Crippen MR) is 93.7 cm³/mol. The molecule has 25 heavy (non-hydrogen) atoms. The fourth-order valence-electron chi connectivity index (χ4n) is 3.21. The largest absolute Gasteiger partial charge is 0.477 e. The highest BCUT2D eigenvalue weighted by Crippen LogP contribution is 2.29. The van der Waals surface area contributed by atoms with Crippen molar-refractivity contribution in [2.75, 3.05) is 31.6 Å². The second-order valence-electron chi connectivity index (χ2n) is 5.86. The number of nitrogens with zero attached hydrogens (tertiary/aromatic N) is 3. The summed E-state index contributed by atoms with van der Waals surface area (Å²) in [6.45, 7) is 5.05. The summed E-state index contributed by atoms with van der Waals surface area (Å²) in [5.74, 6) is -0.742. The van der Waals surface area contributed by atoms with Crippen LogP contribution >= 0.6 is 0 Å². The van der Waals surface area contributed by atoms with E-state index in [9.17, 15) is 9.90 Å². The monoisotopic (exact) mass is 342 g/mol. The van der Waals surface area contributed by atoms with Gasteiger partial charge in [-0.15, -0.1) is 0 Å². The Morgan fingerprint density at radius 3 is 2.92 bits per heavy atom. The second kappa shape index (κ2) is 8.04. The molecule has 0 aliphatic carbocycles. The van der Waals surface area contributed by atoms with Gasteiger partial charge in [0.25, 0.3) is 0 Å². The number of morpholine rings is 1. The van der Waals surface area contributed by atoms with Crippen LogP contribution in [0.25, 0.3) is 0 Å². The Balaban J connectivity index is 1.79. The zero-order valence-electron chi connectivity index (χ0n) is 14.1. The van der Waals surface area contributed by atoms with Crippen molar-refractivity contribution >= 4 is 11.8 Å². The predicted octanol–water partition coefficient (Wildman–Crippen LogP) is 2.05. The number of aromatic nitrogens is 2. The van der Waals surface area contributed by atoms with Gasteiger partial charge in [-0.25, -0.2) is 14.8 Å². The van der Waals surface area contributed by atoms with Crippen molar-refractivity contribution in [1.82, 2.24) is 14.9 Å². The number of carboxylic acids is 1. The van der Waals surface area contributed by atoms with Crippen LogP contribution in [0.15, 0.2) is 42.9 Å². The van der Waals surface area contributed by atoms with Crippen LogP contribution < -0.4 is 5.32 Å². The number of hydrogen-bond donors (Lipinski definition) is 2. The smallest absolute Gasteiger partial charge is 0.341 e. The molecule has 2 atom stereocenters. The van der Waals surface area contributed by atoms with E-state index in [0.29, 0.717) is 19.0 Å². The first kappa shape index (κ1) is 17.3. The van der Waals surface area contributed by atoms with E-state index < -0.39 is 5.97 Å². The van der Waals surface area contributed by atoms with Gasteiger partial charge in [-0.2, -0.15) is 0 Å². The average molecular weight is 342 g/mol. The van der Waals surface area contributed by atoms with Gasteiger partial charge in [0.15, 0.2) is 0 Å². The number of aromatic carboxylic acids is 1. The molecule has 1 fully saturated rings. The fraction of sp³-hybridized carbons (Fsp3) is 0.389. The highest BCUT2D eigenvalue weighted by atomic mass is 16.5. The quantitative estimate of drug-likeness (QED) is 0.830. The number of nitrogens with one attached hydrogen (secondary N) is 1. The van der Waals surface area contributed by atoms with Crippen molar-refractivity contribution in [2.24, 2.45) is 0 Å². The normalized spacial score (nSPS) is 21.0. The third-order valence-electron chi connectivity index (χ3n) is 4.42. The van der Waals surface area contributed by atoms with E-state index in [1.54, 1.807) is 0 Å². The Bertz CT molecular complexity index is 710. The van der Waals surface area contributed by atoms with Gasteiger partial charge < -0.3 is 15.2 Å². The zero-order valence-corrected chi connectivity index (χ0v) is 14.1. The maximum Gasteiger partial charge on any atom is 0.341 e. The summed E-state index contributed by atoms with van der Waals surface area (Å²) in [6, 6.07) is 10.4. The van der Waals surface area contributed by atoms with Crippen LogP contribution in [-0.2, 0) is 4.74 Å². The molecule has 7 heteroatoms. The van der Waals surface area contributed by atoms with E-state index >= 15 is 0 Å². The SMILES string of the molecule is CCN1CCO[C@@H](CNc2ncncc2C(=O)O)[C@@H]1c1ccccc1. The Morgan fingerprint density at radius 1 is 1.40 bits per heavy atom. The van der Waals surface area contributed by atoms with Crippen molar-refractivity contribution in [3.8, 4) is 0 Å². The summed E-state index contributed by atoms with van der Waals surface area (Å²) < 4.78 is 6.00. The number of rotatable bonds is 6. The van der Waals surface area contributed by atoms with Crippen LogP contribution in [0.2, 0.25) is 0 Å². The Hall–Kier alpha value is -2.51. The standard InChI is InChI=1S/C18H22N4O3/c1-2-22-8-9-25-15(16(22)13-6-4-3-5-7-13)11-20-17-14(18(23)24)10-19-12-21-17/h3-7,10,12,15-16H,2,8-9,11H2,1H3,(H,23,24)(H,19,20,21)/t15-,16-/m0/s1. The van der Waals surface area contributed by atoms with Gasteiger partial charge in [-0.05, 0) is 12.1 Å². The Kier molecular flexibility index (Phi) is 5.57. The molecule has 0 bridgehead atoms. The Morgan fingerprint density at radius 2 is 2.20 bits per heavy atom. The molecule has 0 amide bonds. The topological polar surface area (TPSA) is 87.6 Å². The van der Waals surface area contributed by atoms with Gasteiger partial charge in [0.1, 0.15) is 17.7 Å². The van der Waals surface area contributed by atoms with Crippen LogP contribution in [0.3, 0.4) is 0 Å². The molecular weight excluding hydrogens is 320 g/mol. The summed E-state index contributed by atoms with van der Waals surface area (Å²) in [6.07, 6.45) is 2.53. The first-order chi connectivity index (χ1) is 12.2. The van der Waals surface area contributed by atoms with Crippen molar-refractivity contribution in [2.45, 2.75) is 19.1 Å². The molecule has 132 valence electrons. The van der Waals surface area contributed by atoms with Gasteiger partial charge in [0.05, 0.1) is 18.8 Å². The number of likely N-dealkylation sites (N-methyl/N-ethyl adjacent to an activating group) is 1. The van der Waals surface area contributed by atoms with Crippen molar-refractivity contribution in [3.63, 3.8) is 0 Å². The van der Waals surface area contributed by atoms with E-state index in [1.807, 2.05) is 18.2 Å². The number of ether oxygens (including phenoxy) is 1. The molecular formula is C18H22N4O3. The summed E-state index contributed by atoms with van der Waals surface area (Å²) in [5, 5.41) is 12.4. The van der Waals surface area contributed by atoms with Gasteiger partial charge in [-0.1, -0.05) is 37.3 Å². The highest BCUT2D eigenvalue weighted by molar-refractivity contribution is 5.92. The summed E-state index contributed by atoms with van der Waals surface area (Å²) in [4.78, 5) is 21.5. The maximum absolute atomic E-state index is 11.3. The number of carbonyl (C=O) groups is 1. The molecule has 0 radical (unpaired) electrons. The third kappa shape index (κ3) is 3.94. The average Bonchev–Trinajstić information content (AvgIpc) is 2.66. The van der Waals surface area contributed by atoms with Gasteiger partial charge in [-0.3, -0.25) is 4.90 Å². The molecule has 3 rings (SSSR count). The first-order valence-corrected chi connectivity index (χ1v) is 8.38. The number of benzene rings is 1. The lowest BCUT2D eigenvalue weighted by atomic mass is 9.98. The molecule has 1 aromatic heterocycles. The molecule has 1 aliphatic rings. The van der Waals surface area contributed by atoms with E-state index in [2.05, 4.69) is 39.2 Å². The Labute approximate surface area is 146 Å².